The number of allylic oxidation sites excluding steroid dienone is 1. The second-order valence-corrected chi connectivity index (χ2v) is 6.43. The lowest BCUT2D eigenvalue weighted by Crippen LogP contribution is -2.46. The van der Waals surface area contributed by atoms with Gasteiger partial charge in [0.2, 0.25) is 0 Å². The summed E-state index contributed by atoms with van der Waals surface area (Å²) in [4.78, 5) is 22.7. The molecule has 1 aliphatic carbocycles. The number of hydrogen-bond acceptors (Lipinski definition) is 2. The van der Waals surface area contributed by atoms with Gasteiger partial charge in [-0.05, 0) is 46.9 Å². The molecule has 24 heavy (non-hydrogen) atoms. The summed E-state index contributed by atoms with van der Waals surface area (Å²) in [5.74, 6) is 0. The maximum Gasteiger partial charge on any atom is 0.405 e. The van der Waals surface area contributed by atoms with Crippen LogP contribution in [0.5, 0.6) is 0 Å². The maximum absolute atomic E-state index is 11.6. The number of benzene rings is 2. The van der Waals surface area contributed by atoms with Crippen molar-refractivity contribution in [2.45, 2.75) is 12.0 Å². The standard InChI is InChI=1S/C18H13Cl2NO3/c19-14-7-13(8-15(20)9-14)11-3-4-16-12(6-11)2-1-5-18(16,10-22)21-17(23)24/h1,3-10,21H,2H2,(H,23,24)/t18-/m1/s1. The van der Waals surface area contributed by atoms with E-state index in [2.05, 4.69) is 5.32 Å². The van der Waals surface area contributed by atoms with Gasteiger partial charge < -0.3 is 10.4 Å². The molecule has 0 unspecified atom stereocenters. The van der Waals surface area contributed by atoms with Crippen LogP contribution in [0.2, 0.25) is 10.0 Å². The maximum atomic E-state index is 11.6. The fraction of sp³-hybridized carbons (Fsp3) is 0.111. The normalized spacial score (nSPS) is 18.8. The Balaban J connectivity index is 2.09. The van der Waals surface area contributed by atoms with Gasteiger partial charge in [-0.1, -0.05) is 53.6 Å². The third kappa shape index (κ3) is 3.03. The molecular formula is C18H13Cl2NO3. The van der Waals surface area contributed by atoms with Crippen LogP contribution in [0.25, 0.3) is 11.1 Å². The number of amides is 1. The van der Waals surface area contributed by atoms with Crippen molar-refractivity contribution in [3.8, 4) is 11.1 Å². The van der Waals surface area contributed by atoms with Crippen LogP contribution < -0.4 is 5.32 Å². The molecule has 0 saturated heterocycles. The first-order chi connectivity index (χ1) is 11.4. The lowest BCUT2D eigenvalue weighted by atomic mass is 9.81. The molecule has 2 aromatic rings. The van der Waals surface area contributed by atoms with Crippen LogP contribution >= 0.6 is 23.2 Å². The molecule has 0 heterocycles. The molecule has 0 aromatic heterocycles. The van der Waals surface area contributed by atoms with Crippen molar-refractivity contribution < 1.29 is 14.7 Å². The number of carbonyl (C=O) groups excluding carboxylic acids is 1. The Morgan fingerprint density at radius 3 is 2.46 bits per heavy atom. The molecule has 2 N–H and O–H groups in total. The minimum atomic E-state index is -1.36. The predicted molar refractivity (Wildman–Crippen MR) is 93.6 cm³/mol. The number of carboxylic acid groups (broad SMARTS) is 1. The summed E-state index contributed by atoms with van der Waals surface area (Å²) in [6.45, 7) is 0. The van der Waals surface area contributed by atoms with Gasteiger partial charge in [0.25, 0.3) is 0 Å². The van der Waals surface area contributed by atoms with Crippen LogP contribution in [-0.4, -0.2) is 17.5 Å². The predicted octanol–water partition coefficient (Wildman–Crippen LogP) is 4.43. The average molecular weight is 362 g/mol. The van der Waals surface area contributed by atoms with Gasteiger partial charge in [-0.2, -0.15) is 0 Å². The number of nitrogens with one attached hydrogen (secondary N) is 1. The quantitative estimate of drug-likeness (QED) is 0.627. The summed E-state index contributed by atoms with van der Waals surface area (Å²) < 4.78 is 0. The molecule has 1 aliphatic rings. The van der Waals surface area contributed by atoms with Crippen molar-refractivity contribution >= 4 is 35.6 Å². The molecule has 1 amide bonds. The summed E-state index contributed by atoms with van der Waals surface area (Å²) in [5.41, 5.74) is 1.88. The molecule has 0 aliphatic heterocycles. The van der Waals surface area contributed by atoms with E-state index in [9.17, 15) is 9.59 Å². The van der Waals surface area contributed by atoms with Gasteiger partial charge in [-0.25, -0.2) is 4.79 Å². The number of carbonyl (C=O) groups is 2. The first kappa shape index (κ1) is 16.6. The van der Waals surface area contributed by atoms with E-state index in [0.29, 0.717) is 28.3 Å². The Kier molecular flexibility index (Phi) is 4.35. The van der Waals surface area contributed by atoms with Crippen molar-refractivity contribution in [3.63, 3.8) is 0 Å². The molecule has 4 nitrogen and oxygen atoms in total. The lowest BCUT2D eigenvalue weighted by molar-refractivity contribution is -0.112. The van der Waals surface area contributed by atoms with Crippen molar-refractivity contribution in [2.75, 3.05) is 0 Å². The molecule has 2 aromatic carbocycles. The fourth-order valence-electron chi connectivity index (χ4n) is 2.95. The highest BCUT2D eigenvalue weighted by Crippen LogP contribution is 2.34. The third-order valence-corrected chi connectivity index (χ3v) is 4.40. The largest absolute Gasteiger partial charge is 0.465 e. The number of hydrogen-bond donors (Lipinski definition) is 2. The minimum absolute atomic E-state index is 0.532. The van der Waals surface area contributed by atoms with Crippen LogP contribution in [-0.2, 0) is 16.8 Å². The Morgan fingerprint density at radius 1 is 1.12 bits per heavy atom. The first-order valence-corrected chi connectivity index (χ1v) is 7.94. The van der Waals surface area contributed by atoms with E-state index < -0.39 is 11.6 Å². The smallest absolute Gasteiger partial charge is 0.405 e. The summed E-state index contributed by atoms with van der Waals surface area (Å²) in [5, 5.41) is 12.4. The summed E-state index contributed by atoms with van der Waals surface area (Å²) in [6.07, 6.45) is 3.30. The molecule has 1 atom stereocenters. The van der Waals surface area contributed by atoms with Gasteiger partial charge in [0, 0.05) is 10.0 Å². The van der Waals surface area contributed by atoms with E-state index >= 15 is 0 Å². The summed E-state index contributed by atoms with van der Waals surface area (Å²) in [6, 6.07) is 10.8. The Morgan fingerprint density at radius 2 is 1.83 bits per heavy atom. The van der Waals surface area contributed by atoms with Gasteiger partial charge in [0.15, 0.2) is 6.29 Å². The third-order valence-electron chi connectivity index (χ3n) is 3.96. The average Bonchev–Trinajstić information content (AvgIpc) is 2.53. The minimum Gasteiger partial charge on any atom is -0.465 e. The van der Waals surface area contributed by atoms with Gasteiger partial charge in [-0.15, -0.1) is 0 Å². The fourth-order valence-corrected chi connectivity index (χ4v) is 3.47. The Labute approximate surface area is 148 Å². The second kappa shape index (κ2) is 6.30. The zero-order valence-corrected chi connectivity index (χ0v) is 13.9. The van der Waals surface area contributed by atoms with E-state index in [1.807, 2.05) is 12.1 Å². The topological polar surface area (TPSA) is 66.4 Å². The Bertz CT molecular complexity index is 843. The molecule has 6 heteroatoms. The van der Waals surface area contributed by atoms with Crippen molar-refractivity contribution in [3.05, 3.63) is 69.7 Å². The van der Waals surface area contributed by atoms with E-state index in [0.717, 1.165) is 16.7 Å². The highest BCUT2D eigenvalue weighted by molar-refractivity contribution is 6.35. The number of rotatable bonds is 3. The van der Waals surface area contributed by atoms with E-state index in [-0.39, 0.29) is 0 Å². The molecule has 122 valence electrons. The molecular weight excluding hydrogens is 349 g/mol. The molecule has 0 spiro atoms. The van der Waals surface area contributed by atoms with Gasteiger partial charge >= 0.3 is 6.09 Å². The summed E-state index contributed by atoms with van der Waals surface area (Å²) >= 11 is 12.1. The first-order valence-electron chi connectivity index (χ1n) is 7.18. The summed E-state index contributed by atoms with van der Waals surface area (Å²) in [7, 11) is 0. The molecule has 0 bridgehead atoms. The van der Waals surface area contributed by atoms with Crippen LogP contribution in [0.4, 0.5) is 4.79 Å². The second-order valence-electron chi connectivity index (χ2n) is 5.55. The monoisotopic (exact) mass is 361 g/mol. The SMILES string of the molecule is O=C[C@]1(NC(=O)O)C=CCc2cc(-c3cc(Cl)cc(Cl)c3)ccc21. The number of fused-ring (bicyclic) bond motifs is 1. The molecule has 3 rings (SSSR count). The van der Waals surface area contributed by atoms with Gasteiger partial charge in [0.05, 0.1) is 0 Å². The molecule has 0 fully saturated rings. The van der Waals surface area contributed by atoms with Gasteiger partial charge in [-0.3, -0.25) is 4.79 Å². The van der Waals surface area contributed by atoms with Crippen LogP contribution in [0.3, 0.4) is 0 Å². The molecule has 0 saturated carbocycles. The zero-order chi connectivity index (χ0) is 17.3. The van der Waals surface area contributed by atoms with Crippen LogP contribution in [0.15, 0.2) is 48.6 Å². The van der Waals surface area contributed by atoms with E-state index in [1.165, 1.54) is 0 Å². The van der Waals surface area contributed by atoms with Crippen molar-refractivity contribution in [2.24, 2.45) is 0 Å². The molecule has 0 radical (unpaired) electrons. The highest BCUT2D eigenvalue weighted by Gasteiger charge is 2.35. The van der Waals surface area contributed by atoms with Crippen LogP contribution in [0.1, 0.15) is 11.1 Å². The Hall–Kier alpha value is -2.30. The zero-order valence-electron chi connectivity index (χ0n) is 12.4. The van der Waals surface area contributed by atoms with Gasteiger partial charge in [0.1, 0.15) is 5.54 Å². The van der Waals surface area contributed by atoms with E-state index in [1.54, 1.807) is 36.4 Å². The van der Waals surface area contributed by atoms with Crippen molar-refractivity contribution in [1.82, 2.24) is 5.32 Å². The lowest BCUT2D eigenvalue weighted by Gasteiger charge is -2.30. The van der Waals surface area contributed by atoms with Crippen molar-refractivity contribution in [1.29, 1.82) is 0 Å². The number of halogens is 2. The number of aldehydes is 1. The highest BCUT2D eigenvalue weighted by atomic mass is 35.5. The van der Waals surface area contributed by atoms with E-state index in [4.69, 9.17) is 28.3 Å². The van der Waals surface area contributed by atoms with Crippen LogP contribution in [0, 0.1) is 0 Å².